The number of unbranched alkanes of at least 4 members (excludes halogenated alkanes) is 1. The minimum absolute atomic E-state index is 0.249. The van der Waals surface area contributed by atoms with Crippen LogP contribution >= 0.6 is 0 Å². The maximum atomic E-state index is 11.7. The number of rotatable bonds is 9. The van der Waals surface area contributed by atoms with E-state index in [1.54, 1.807) is 0 Å². The molecule has 6 heteroatoms. The van der Waals surface area contributed by atoms with Crippen molar-refractivity contribution in [1.29, 1.82) is 0 Å². The predicted molar refractivity (Wildman–Crippen MR) is 101 cm³/mol. The smallest absolute Gasteiger partial charge is 0.211 e. The highest BCUT2D eigenvalue weighted by atomic mass is 32.2. The second-order valence-electron chi connectivity index (χ2n) is 6.59. The first-order valence-electron chi connectivity index (χ1n) is 9.01. The van der Waals surface area contributed by atoms with Crippen LogP contribution in [0.1, 0.15) is 31.7 Å². The van der Waals surface area contributed by atoms with E-state index >= 15 is 0 Å². The fourth-order valence-corrected chi connectivity index (χ4v) is 4.26. The number of nitrogens with one attached hydrogen (secondary N) is 1. The number of hydrogen-bond donors (Lipinski definition) is 1. The van der Waals surface area contributed by atoms with E-state index in [2.05, 4.69) is 45.7 Å². The molecule has 1 N–H and O–H groups in total. The lowest BCUT2D eigenvalue weighted by Crippen LogP contribution is -2.47. The molecule has 136 valence electrons. The van der Waals surface area contributed by atoms with Gasteiger partial charge in [-0.15, -0.1) is 0 Å². The van der Waals surface area contributed by atoms with Crippen LogP contribution in [0.2, 0.25) is 0 Å². The Labute approximate surface area is 147 Å². The number of hydrogen-bond acceptors (Lipinski definition) is 4. The molecule has 1 heterocycles. The molecule has 0 spiro atoms. The fourth-order valence-electron chi connectivity index (χ4n) is 2.99. The zero-order valence-corrected chi connectivity index (χ0v) is 15.8. The van der Waals surface area contributed by atoms with E-state index < -0.39 is 10.0 Å². The average molecular weight is 354 g/mol. The first kappa shape index (κ1) is 19.2. The molecule has 1 saturated heterocycles. The summed E-state index contributed by atoms with van der Waals surface area (Å²) < 4.78 is 26.2. The molecule has 1 aliphatic rings. The van der Waals surface area contributed by atoms with Gasteiger partial charge < -0.3 is 4.90 Å². The molecule has 1 aromatic carbocycles. The molecular formula is C18H31N3O2S. The van der Waals surface area contributed by atoms with Crippen LogP contribution in [0.25, 0.3) is 0 Å². The molecule has 24 heavy (non-hydrogen) atoms. The van der Waals surface area contributed by atoms with E-state index in [4.69, 9.17) is 0 Å². The van der Waals surface area contributed by atoms with Crippen molar-refractivity contribution in [2.24, 2.45) is 0 Å². The summed E-state index contributed by atoms with van der Waals surface area (Å²) in [6.07, 6.45) is 2.51. The van der Waals surface area contributed by atoms with Crippen LogP contribution in [-0.2, 0) is 10.0 Å². The largest absolute Gasteiger partial charge is 0.369 e. The van der Waals surface area contributed by atoms with E-state index in [9.17, 15) is 8.42 Å². The fraction of sp³-hybridized carbons (Fsp3) is 0.667. The monoisotopic (exact) mass is 353 g/mol. The Morgan fingerprint density at radius 2 is 1.88 bits per heavy atom. The maximum Gasteiger partial charge on any atom is 0.211 e. The highest BCUT2D eigenvalue weighted by Gasteiger charge is 2.17. The van der Waals surface area contributed by atoms with Crippen LogP contribution in [0.4, 0.5) is 5.69 Å². The molecule has 1 aliphatic heterocycles. The van der Waals surface area contributed by atoms with Crippen molar-refractivity contribution in [3.8, 4) is 0 Å². The summed E-state index contributed by atoms with van der Waals surface area (Å²) in [5.41, 5.74) is 2.60. The SMILES string of the molecule is CCCCS(=O)(=O)NCCCN1CCN(c2cccc(C)c2)CC1. The molecule has 0 bridgehead atoms. The molecule has 0 amide bonds. The topological polar surface area (TPSA) is 52.7 Å². The van der Waals surface area contributed by atoms with E-state index in [0.29, 0.717) is 6.54 Å². The van der Waals surface area contributed by atoms with Crippen molar-refractivity contribution in [1.82, 2.24) is 9.62 Å². The van der Waals surface area contributed by atoms with E-state index in [0.717, 1.165) is 52.0 Å². The zero-order chi connectivity index (χ0) is 17.4. The minimum Gasteiger partial charge on any atom is -0.369 e. The van der Waals surface area contributed by atoms with Gasteiger partial charge in [-0.3, -0.25) is 4.90 Å². The molecular weight excluding hydrogens is 322 g/mol. The van der Waals surface area contributed by atoms with Crippen LogP contribution in [0.5, 0.6) is 0 Å². The number of piperazine rings is 1. The highest BCUT2D eigenvalue weighted by molar-refractivity contribution is 7.89. The Bertz CT molecular complexity index is 596. The molecule has 2 rings (SSSR count). The van der Waals surface area contributed by atoms with Gasteiger partial charge in [0.25, 0.3) is 0 Å². The first-order valence-corrected chi connectivity index (χ1v) is 10.7. The van der Waals surface area contributed by atoms with Crippen LogP contribution in [-0.4, -0.2) is 58.3 Å². The van der Waals surface area contributed by atoms with E-state index in [-0.39, 0.29) is 5.75 Å². The van der Waals surface area contributed by atoms with Gasteiger partial charge in [-0.2, -0.15) is 0 Å². The third kappa shape index (κ3) is 6.42. The van der Waals surface area contributed by atoms with Crippen molar-refractivity contribution in [2.45, 2.75) is 33.1 Å². The number of sulfonamides is 1. The predicted octanol–water partition coefficient (Wildman–Crippen LogP) is 2.23. The lowest BCUT2D eigenvalue weighted by atomic mass is 10.2. The summed E-state index contributed by atoms with van der Waals surface area (Å²) in [5, 5.41) is 0. The molecule has 0 aliphatic carbocycles. The van der Waals surface area contributed by atoms with Gasteiger partial charge in [-0.1, -0.05) is 25.5 Å². The van der Waals surface area contributed by atoms with Gasteiger partial charge >= 0.3 is 0 Å². The Morgan fingerprint density at radius 1 is 1.12 bits per heavy atom. The lowest BCUT2D eigenvalue weighted by molar-refractivity contribution is 0.255. The highest BCUT2D eigenvalue weighted by Crippen LogP contribution is 2.17. The second kappa shape index (κ2) is 9.39. The summed E-state index contributed by atoms with van der Waals surface area (Å²) in [4.78, 5) is 4.85. The van der Waals surface area contributed by atoms with Gasteiger partial charge in [0.2, 0.25) is 10.0 Å². The Kier molecular flexibility index (Phi) is 7.52. The second-order valence-corrected chi connectivity index (χ2v) is 8.51. The summed E-state index contributed by atoms with van der Waals surface area (Å²) in [7, 11) is -3.07. The Balaban J connectivity index is 1.65. The van der Waals surface area contributed by atoms with Crippen LogP contribution in [0.3, 0.4) is 0 Å². The average Bonchev–Trinajstić information content (AvgIpc) is 2.58. The van der Waals surface area contributed by atoms with Crippen molar-refractivity contribution in [2.75, 3.05) is 49.9 Å². The van der Waals surface area contributed by atoms with Crippen molar-refractivity contribution < 1.29 is 8.42 Å². The molecule has 5 nitrogen and oxygen atoms in total. The molecule has 0 unspecified atom stereocenters. The molecule has 0 atom stereocenters. The zero-order valence-electron chi connectivity index (χ0n) is 15.0. The molecule has 0 radical (unpaired) electrons. The van der Waals surface area contributed by atoms with Gasteiger partial charge in [0.15, 0.2) is 0 Å². The standard InChI is InChI=1S/C18H31N3O2S/c1-3-4-15-24(22,23)19-9-6-10-20-11-13-21(14-12-20)18-8-5-7-17(2)16-18/h5,7-8,16,19H,3-4,6,9-15H2,1-2H3. The van der Waals surface area contributed by atoms with Crippen molar-refractivity contribution >= 4 is 15.7 Å². The van der Waals surface area contributed by atoms with Gasteiger partial charge in [0.05, 0.1) is 5.75 Å². The minimum atomic E-state index is -3.07. The summed E-state index contributed by atoms with van der Waals surface area (Å²) in [5.74, 6) is 0.249. The molecule has 0 aromatic heterocycles. The quantitative estimate of drug-likeness (QED) is 0.692. The number of nitrogens with zero attached hydrogens (tertiary/aromatic N) is 2. The first-order chi connectivity index (χ1) is 11.5. The lowest BCUT2D eigenvalue weighted by Gasteiger charge is -2.36. The number of benzene rings is 1. The summed E-state index contributed by atoms with van der Waals surface area (Å²) in [6, 6.07) is 8.65. The molecule has 1 fully saturated rings. The third-order valence-corrected chi connectivity index (χ3v) is 5.95. The van der Waals surface area contributed by atoms with Crippen LogP contribution in [0.15, 0.2) is 24.3 Å². The van der Waals surface area contributed by atoms with Crippen LogP contribution < -0.4 is 9.62 Å². The molecule has 0 saturated carbocycles. The Morgan fingerprint density at radius 3 is 2.54 bits per heavy atom. The summed E-state index contributed by atoms with van der Waals surface area (Å²) >= 11 is 0. The van der Waals surface area contributed by atoms with E-state index in [1.807, 2.05) is 6.92 Å². The van der Waals surface area contributed by atoms with Crippen LogP contribution in [0, 0.1) is 6.92 Å². The van der Waals surface area contributed by atoms with Gasteiger partial charge in [0, 0.05) is 38.4 Å². The maximum absolute atomic E-state index is 11.7. The Hall–Kier alpha value is -1.11. The molecule has 1 aromatic rings. The normalized spacial score (nSPS) is 16.5. The van der Waals surface area contributed by atoms with Crippen molar-refractivity contribution in [3.63, 3.8) is 0 Å². The number of aryl methyl sites for hydroxylation is 1. The van der Waals surface area contributed by atoms with E-state index in [1.165, 1.54) is 11.3 Å². The van der Waals surface area contributed by atoms with Gasteiger partial charge in [-0.25, -0.2) is 13.1 Å². The van der Waals surface area contributed by atoms with Gasteiger partial charge in [-0.05, 0) is 44.0 Å². The van der Waals surface area contributed by atoms with Crippen molar-refractivity contribution in [3.05, 3.63) is 29.8 Å². The third-order valence-electron chi connectivity index (χ3n) is 4.48. The van der Waals surface area contributed by atoms with Gasteiger partial charge in [0.1, 0.15) is 0 Å². The number of anilines is 1. The summed E-state index contributed by atoms with van der Waals surface area (Å²) in [6.45, 7) is 9.78.